The number of hydrogen-bond acceptors (Lipinski definition) is 3. The lowest BCUT2D eigenvalue weighted by Crippen LogP contribution is -2.03. The van der Waals surface area contributed by atoms with E-state index >= 15 is 0 Å². The Morgan fingerprint density at radius 1 is 1.16 bits per heavy atom. The van der Waals surface area contributed by atoms with Crippen molar-refractivity contribution >= 4 is 5.78 Å². The molecule has 19 heavy (non-hydrogen) atoms. The highest BCUT2D eigenvalue weighted by Gasteiger charge is 2.12. The van der Waals surface area contributed by atoms with Crippen molar-refractivity contribution in [3.05, 3.63) is 71.0 Å². The van der Waals surface area contributed by atoms with Crippen molar-refractivity contribution in [2.45, 2.75) is 6.10 Å². The maximum absolute atomic E-state index is 12.8. The van der Waals surface area contributed by atoms with E-state index in [0.29, 0.717) is 16.7 Å². The Labute approximate surface area is 109 Å². The van der Waals surface area contributed by atoms with Crippen LogP contribution in [0.3, 0.4) is 0 Å². The van der Waals surface area contributed by atoms with Gasteiger partial charge in [-0.15, -0.1) is 0 Å². The first-order valence-corrected chi connectivity index (χ1v) is 5.59. The van der Waals surface area contributed by atoms with Gasteiger partial charge < -0.3 is 5.11 Å². The van der Waals surface area contributed by atoms with Crippen molar-refractivity contribution in [3.63, 3.8) is 0 Å². The number of nitrogens with zero attached hydrogens (tertiary/aromatic N) is 1. The molecule has 0 aliphatic rings. The predicted molar refractivity (Wildman–Crippen MR) is 66.8 cm³/mol. The second kappa shape index (κ2) is 5.42. The number of carbonyl (C=O) groups is 1. The number of nitriles is 1. The average molecular weight is 255 g/mol. The lowest BCUT2D eigenvalue weighted by atomic mass is 10.00. The lowest BCUT2D eigenvalue weighted by Gasteiger charge is -2.05. The van der Waals surface area contributed by atoms with E-state index in [2.05, 4.69) is 0 Å². The number of ketones is 1. The molecule has 2 aromatic rings. The molecular formula is C15H10FNO2. The molecule has 3 nitrogen and oxygen atoms in total. The summed E-state index contributed by atoms with van der Waals surface area (Å²) >= 11 is 0. The van der Waals surface area contributed by atoms with Gasteiger partial charge in [-0.1, -0.05) is 18.2 Å². The third-order valence-corrected chi connectivity index (χ3v) is 2.69. The molecule has 0 bridgehead atoms. The summed E-state index contributed by atoms with van der Waals surface area (Å²) in [5.74, 6) is -0.697. The zero-order chi connectivity index (χ0) is 13.8. The molecule has 1 atom stereocenters. The highest BCUT2D eigenvalue weighted by Crippen LogP contribution is 2.16. The lowest BCUT2D eigenvalue weighted by molar-refractivity contribution is 0.103. The zero-order valence-electron chi connectivity index (χ0n) is 9.88. The molecule has 0 saturated heterocycles. The largest absolute Gasteiger partial charge is 0.374 e. The van der Waals surface area contributed by atoms with Gasteiger partial charge in [0.2, 0.25) is 0 Å². The molecule has 0 spiro atoms. The summed E-state index contributed by atoms with van der Waals surface area (Å²) in [6, 6.07) is 13.1. The van der Waals surface area contributed by atoms with Crippen LogP contribution in [-0.4, -0.2) is 10.9 Å². The summed E-state index contributed by atoms with van der Waals surface area (Å²) in [6.45, 7) is 0. The van der Waals surface area contributed by atoms with Crippen LogP contribution in [0.5, 0.6) is 0 Å². The summed E-state index contributed by atoms with van der Waals surface area (Å²) in [6.07, 6.45) is -1.26. The molecule has 0 heterocycles. The topological polar surface area (TPSA) is 61.1 Å². The van der Waals surface area contributed by atoms with E-state index in [4.69, 9.17) is 5.26 Å². The van der Waals surface area contributed by atoms with Gasteiger partial charge in [0.15, 0.2) is 11.9 Å². The molecule has 2 aromatic carbocycles. The molecule has 1 unspecified atom stereocenters. The Hall–Kier alpha value is -2.51. The fourth-order valence-corrected chi connectivity index (χ4v) is 1.69. The van der Waals surface area contributed by atoms with Gasteiger partial charge in [-0.25, -0.2) is 4.39 Å². The molecule has 4 heteroatoms. The summed E-state index contributed by atoms with van der Waals surface area (Å²) in [5, 5.41) is 18.1. The number of hydrogen-bond donors (Lipinski definition) is 1. The molecule has 0 aromatic heterocycles. The van der Waals surface area contributed by atoms with Gasteiger partial charge in [-0.3, -0.25) is 4.79 Å². The van der Waals surface area contributed by atoms with Gasteiger partial charge >= 0.3 is 0 Å². The second-order valence-electron chi connectivity index (χ2n) is 3.99. The van der Waals surface area contributed by atoms with Crippen LogP contribution in [0.25, 0.3) is 0 Å². The van der Waals surface area contributed by atoms with Crippen LogP contribution >= 0.6 is 0 Å². The highest BCUT2D eigenvalue weighted by atomic mass is 19.1. The van der Waals surface area contributed by atoms with Crippen LogP contribution in [0, 0.1) is 17.1 Å². The molecule has 2 rings (SSSR count). The summed E-state index contributed by atoms with van der Waals surface area (Å²) < 4.78 is 12.8. The minimum Gasteiger partial charge on any atom is -0.374 e. The fraction of sp³-hybridized carbons (Fsp3) is 0.0667. The first kappa shape index (κ1) is 12.9. The first-order valence-electron chi connectivity index (χ1n) is 5.59. The van der Waals surface area contributed by atoms with E-state index in [1.165, 1.54) is 30.3 Å². The molecule has 0 saturated carbocycles. The Bertz CT molecular complexity index is 644. The van der Waals surface area contributed by atoms with Gasteiger partial charge in [0, 0.05) is 11.1 Å². The molecule has 0 radical (unpaired) electrons. The van der Waals surface area contributed by atoms with Gasteiger partial charge in [0.25, 0.3) is 0 Å². The van der Waals surface area contributed by atoms with Gasteiger partial charge in [0.1, 0.15) is 5.82 Å². The second-order valence-corrected chi connectivity index (χ2v) is 3.99. The van der Waals surface area contributed by atoms with Gasteiger partial charge in [0.05, 0.1) is 6.07 Å². The Morgan fingerprint density at radius 3 is 2.47 bits per heavy atom. The third kappa shape index (κ3) is 2.84. The SMILES string of the molecule is N#CC(O)c1cccc(C(=O)c2ccc(F)cc2)c1. The Morgan fingerprint density at radius 2 is 1.84 bits per heavy atom. The monoisotopic (exact) mass is 255 g/mol. The number of carbonyl (C=O) groups excluding carboxylic acids is 1. The molecule has 0 amide bonds. The van der Waals surface area contributed by atoms with Crippen molar-refractivity contribution in [2.24, 2.45) is 0 Å². The van der Waals surface area contributed by atoms with Crippen LogP contribution < -0.4 is 0 Å². The number of rotatable bonds is 3. The van der Waals surface area contributed by atoms with Crippen LogP contribution in [-0.2, 0) is 0 Å². The number of benzene rings is 2. The maximum atomic E-state index is 12.8. The highest BCUT2D eigenvalue weighted by molar-refractivity contribution is 6.09. The normalized spacial score (nSPS) is 11.6. The number of halogens is 1. The molecule has 0 fully saturated rings. The van der Waals surface area contributed by atoms with Gasteiger partial charge in [-0.05, 0) is 35.9 Å². The molecule has 0 aliphatic heterocycles. The van der Waals surface area contributed by atoms with Crippen LogP contribution in [0.2, 0.25) is 0 Å². The third-order valence-electron chi connectivity index (χ3n) is 2.69. The smallest absolute Gasteiger partial charge is 0.193 e. The van der Waals surface area contributed by atoms with E-state index in [1.807, 2.05) is 0 Å². The van der Waals surface area contributed by atoms with E-state index in [0.717, 1.165) is 0 Å². The van der Waals surface area contributed by atoms with E-state index in [-0.39, 0.29) is 5.78 Å². The summed E-state index contributed by atoms with van der Waals surface area (Å²) in [7, 11) is 0. The van der Waals surface area contributed by atoms with E-state index in [1.54, 1.807) is 24.3 Å². The first-order chi connectivity index (χ1) is 9.11. The summed E-state index contributed by atoms with van der Waals surface area (Å²) in [4.78, 5) is 12.1. The minimum absolute atomic E-state index is 0.285. The summed E-state index contributed by atoms with van der Waals surface area (Å²) in [5.41, 5.74) is 1.05. The number of aliphatic hydroxyl groups is 1. The predicted octanol–water partition coefficient (Wildman–Crippen LogP) is 2.61. The van der Waals surface area contributed by atoms with Crippen molar-refractivity contribution in [2.75, 3.05) is 0 Å². The Balaban J connectivity index is 2.34. The molecule has 0 aliphatic carbocycles. The van der Waals surface area contributed by atoms with Crippen LogP contribution in [0.15, 0.2) is 48.5 Å². The fourth-order valence-electron chi connectivity index (χ4n) is 1.69. The zero-order valence-corrected chi connectivity index (χ0v) is 9.88. The standard InChI is InChI=1S/C15H10FNO2/c16-13-6-4-10(5-7-13)15(19)12-3-1-2-11(8-12)14(18)9-17/h1-8,14,18H. The molecular weight excluding hydrogens is 245 g/mol. The van der Waals surface area contributed by atoms with Crippen molar-refractivity contribution in [3.8, 4) is 6.07 Å². The maximum Gasteiger partial charge on any atom is 0.193 e. The van der Waals surface area contributed by atoms with E-state index < -0.39 is 11.9 Å². The van der Waals surface area contributed by atoms with Gasteiger partial charge in [-0.2, -0.15) is 5.26 Å². The Kier molecular flexibility index (Phi) is 3.69. The van der Waals surface area contributed by atoms with E-state index in [9.17, 15) is 14.3 Å². The molecule has 94 valence electrons. The molecule has 1 N–H and O–H groups in total. The van der Waals surface area contributed by atoms with Crippen molar-refractivity contribution in [1.82, 2.24) is 0 Å². The quantitative estimate of drug-likeness (QED) is 0.677. The van der Waals surface area contributed by atoms with Crippen LogP contribution in [0.4, 0.5) is 4.39 Å². The van der Waals surface area contributed by atoms with Crippen LogP contribution in [0.1, 0.15) is 27.6 Å². The minimum atomic E-state index is -1.26. The average Bonchev–Trinajstić information content (AvgIpc) is 2.46. The van der Waals surface area contributed by atoms with Crippen molar-refractivity contribution in [1.29, 1.82) is 5.26 Å². The van der Waals surface area contributed by atoms with Crippen molar-refractivity contribution < 1.29 is 14.3 Å². The number of aliphatic hydroxyl groups excluding tert-OH is 1.